The average molecular weight is 282 g/mol. The highest BCUT2D eigenvalue weighted by Gasteiger charge is 2.15. The Labute approximate surface area is 121 Å². The van der Waals surface area contributed by atoms with Crippen LogP contribution in [-0.2, 0) is 4.74 Å². The van der Waals surface area contributed by atoms with Gasteiger partial charge in [0.1, 0.15) is 0 Å². The normalized spacial score (nSPS) is 11.0. The van der Waals surface area contributed by atoms with Crippen molar-refractivity contribution in [1.82, 2.24) is 0 Å². The largest absolute Gasteiger partial charge is 0.504 e. The van der Waals surface area contributed by atoms with E-state index in [1.54, 1.807) is 6.07 Å². The molecule has 2 N–H and O–H groups in total. The summed E-state index contributed by atoms with van der Waals surface area (Å²) in [6.45, 7) is 1.95. The summed E-state index contributed by atoms with van der Waals surface area (Å²) in [5.74, 6) is -0.834. The van der Waals surface area contributed by atoms with Crippen molar-refractivity contribution in [3.05, 3.63) is 47.5 Å². The Morgan fingerprint density at radius 1 is 0.952 bits per heavy atom. The Kier molecular flexibility index (Phi) is 2.94. The van der Waals surface area contributed by atoms with Crippen LogP contribution < -0.4 is 0 Å². The molecule has 0 fully saturated rings. The van der Waals surface area contributed by atoms with E-state index in [1.807, 2.05) is 25.1 Å². The fourth-order valence-electron chi connectivity index (χ4n) is 2.57. The predicted octanol–water partition coefficient (Wildman–Crippen LogP) is 3.50. The Morgan fingerprint density at radius 3 is 2.38 bits per heavy atom. The van der Waals surface area contributed by atoms with E-state index in [9.17, 15) is 15.0 Å². The minimum atomic E-state index is -0.432. The van der Waals surface area contributed by atoms with Gasteiger partial charge in [-0.05, 0) is 46.7 Å². The van der Waals surface area contributed by atoms with E-state index in [-0.39, 0.29) is 11.5 Å². The molecule has 4 heteroatoms. The van der Waals surface area contributed by atoms with Gasteiger partial charge in [0.05, 0.1) is 12.7 Å². The van der Waals surface area contributed by atoms with Crippen molar-refractivity contribution in [2.45, 2.75) is 6.92 Å². The first-order valence-electron chi connectivity index (χ1n) is 6.48. The number of hydrogen-bond donors (Lipinski definition) is 2. The van der Waals surface area contributed by atoms with Crippen molar-refractivity contribution in [1.29, 1.82) is 0 Å². The second-order valence-corrected chi connectivity index (χ2v) is 5.03. The number of benzene rings is 3. The summed E-state index contributed by atoms with van der Waals surface area (Å²) in [5.41, 5.74) is 1.48. The molecular formula is C17H14O4. The van der Waals surface area contributed by atoms with Crippen LogP contribution in [0.2, 0.25) is 0 Å². The zero-order valence-corrected chi connectivity index (χ0v) is 11.7. The molecule has 0 atom stereocenters. The molecule has 21 heavy (non-hydrogen) atoms. The first kappa shape index (κ1) is 13.2. The molecular weight excluding hydrogens is 268 g/mol. The number of aryl methyl sites for hydroxylation is 1. The molecule has 0 saturated heterocycles. The van der Waals surface area contributed by atoms with Crippen LogP contribution >= 0.6 is 0 Å². The fourth-order valence-corrected chi connectivity index (χ4v) is 2.57. The zero-order valence-electron chi connectivity index (χ0n) is 11.7. The summed E-state index contributed by atoms with van der Waals surface area (Å²) in [7, 11) is 1.33. The number of phenolic OH excluding ortho intramolecular Hbond substituents is 2. The highest BCUT2D eigenvalue weighted by molar-refractivity contribution is 6.16. The fraction of sp³-hybridized carbons (Fsp3) is 0.118. The van der Waals surface area contributed by atoms with Crippen LogP contribution in [0.4, 0.5) is 0 Å². The molecule has 0 radical (unpaired) electrons. The third-order valence-electron chi connectivity index (χ3n) is 3.61. The molecule has 0 unspecified atom stereocenters. The van der Waals surface area contributed by atoms with Gasteiger partial charge in [-0.1, -0.05) is 23.8 Å². The molecule has 3 aromatic rings. The Balaban J connectivity index is 2.53. The number of fused-ring (bicyclic) bond motifs is 3. The maximum Gasteiger partial charge on any atom is 0.338 e. The Hall–Kier alpha value is -2.75. The second kappa shape index (κ2) is 4.66. The lowest BCUT2D eigenvalue weighted by Crippen LogP contribution is -2.02. The SMILES string of the molecule is COC(=O)c1cc2cc(O)c(O)cc2c2cc(C)ccc12. The number of phenols is 2. The molecule has 0 heterocycles. The molecule has 0 aromatic heterocycles. The number of hydrogen-bond acceptors (Lipinski definition) is 4. The molecule has 0 aliphatic heterocycles. The predicted molar refractivity (Wildman–Crippen MR) is 80.9 cm³/mol. The van der Waals surface area contributed by atoms with Gasteiger partial charge in [0.15, 0.2) is 11.5 Å². The first-order valence-corrected chi connectivity index (χ1v) is 6.48. The molecule has 0 saturated carbocycles. The third-order valence-corrected chi connectivity index (χ3v) is 3.61. The Bertz CT molecular complexity index is 881. The van der Waals surface area contributed by atoms with Crippen LogP contribution in [0.15, 0.2) is 36.4 Å². The quantitative estimate of drug-likeness (QED) is 0.407. The second-order valence-electron chi connectivity index (χ2n) is 5.03. The number of methoxy groups -OCH3 is 1. The number of ether oxygens (including phenoxy) is 1. The van der Waals surface area contributed by atoms with Crippen molar-refractivity contribution in [2.75, 3.05) is 7.11 Å². The van der Waals surface area contributed by atoms with Gasteiger partial charge < -0.3 is 14.9 Å². The van der Waals surface area contributed by atoms with E-state index in [1.165, 1.54) is 19.2 Å². The number of rotatable bonds is 1. The summed E-state index contributed by atoms with van der Waals surface area (Å²) < 4.78 is 4.83. The van der Waals surface area contributed by atoms with E-state index >= 15 is 0 Å². The van der Waals surface area contributed by atoms with Crippen LogP contribution in [-0.4, -0.2) is 23.3 Å². The van der Waals surface area contributed by atoms with Crippen LogP contribution in [0.5, 0.6) is 11.5 Å². The monoisotopic (exact) mass is 282 g/mol. The van der Waals surface area contributed by atoms with E-state index in [0.717, 1.165) is 21.7 Å². The van der Waals surface area contributed by atoms with Gasteiger partial charge >= 0.3 is 5.97 Å². The molecule has 4 nitrogen and oxygen atoms in total. The molecule has 106 valence electrons. The summed E-state index contributed by atoms with van der Waals surface area (Å²) in [5, 5.41) is 22.4. The lowest BCUT2D eigenvalue weighted by molar-refractivity contribution is 0.0603. The molecule has 0 aliphatic carbocycles. The van der Waals surface area contributed by atoms with E-state index in [0.29, 0.717) is 10.9 Å². The number of carbonyl (C=O) groups is 1. The van der Waals surface area contributed by atoms with Crippen molar-refractivity contribution < 1.29 is 19.7 Å². The summed E-state index contributed by atoms with van der Waals surface area (Å²) in [6.07, 6.45) is 0. The van der Waals surface area contributed by atoms with Crippen molar-refractivity contribution in [2.24, 2.45) is 0 Å². The summed E-state index contributed by atoms with van der Waals surface area (Å²) >= 11 is 0. The van der Waals surface area contributed by atoms with E-state index in [2.05, 4.69) is 0 Å². The lowest BCUT2D eigenvalue weighted by Gasteiger charge is -2.11. The average Bonchev–Trinajstić information content (AvgIpc) is 2.47. The Morgan fingerprint density at radius 2 is 1.67 bits per heavy atom. The van der Waals surface area contributed by atoms with Crippen LogP contribution in [0.3, 0.4) is 0 Å². The minimum absolute atomic E-state index is 0.184. The van der Waals surface area contributed by atoms with Crippen LogP contribution in [0.25, 0.3) is 21.5 Å². The summed E-state index contributed by atoms with van der Waals surface area (Å²) in [4.78, 5) is 12.0. The molecule has 3 rings (SSSR count). The van der Waals surface area contributed by atoms with Gasteiger partial charge in [0, 0.05) is 0 Å². The standard InChI is InChI=1S/C17H14O4/c1-9-3-4-11-13(5-9)12-8-16(19)15(18)7-10(12)6-14(11)17(20)21-2/h3-8,18-19H,1-2H3. The molecule has 0 bridgehead atoms. The van der Waals surface area contributed by atoms with Crippen LogP contribution in [0.1, 0.15) is 15.9 Å². The van der Waals surface area contributed by atoms with Crippen LogP contribution in [0, 0.1) is 6.92 Å². The number of carbonyl (C=O) groups excluding carboxylic acids is 1. The van der Waals surface area contributed by atoms with E-state index < -0.39 is 5.97 Å². The molecule has 0 amide bonds. The van der Waals surface area contributed by atoms with Crippen molar-refractivity contribution >= 4 is 27.5 Å². The minimum Gasteiger partial charge on any atom is -0.504 e. The molecule has 0 aliphatic rings. The number of esters is 1. The summed E-state index contributed by atoms with van der Waals surface area (Å²) in [6, 6.07) is 10.3. The van der Waals surface area contributed by atoms with Crippen molar-refractivity contribution in [3.63, 3.8) is 0 Å². The van der Waals surface area contributed by atoms with Gasteiger partial charge in [-0.2, -0.15) is 0 Å². The number of aromatic hydroxyl groups is 2. The smallest absolute Gasteiger partial charge is 0.338 e. The third kappa shape index (κ3) is 2.05. The van der Waals surface area contributed by atoms with Gasteiger partial charge in [0.25, 0.3) is 0 Å². The van der Waals surface area contributed by atoms with Gasteiger partial charge in [0.2, 0.25) is 0 Å². The molecule has 0 spiro atoms. The first-order chi connectivity index (χ1) is 10.0. The highest BCUT2D eigenvalue weighted by atomic mass is 16.5. The highest BCUT2D eigenvalue weighted by Crippen LogP contribution is 2.36. The topological polar surface area (TPSA) is 66.8 Å². The lowest BCUT2D eigenvalue weighted by atomic mass is 9.95. The molecule has 3 aromatic carbocycles. The maximum atomic E-state index is 12.0. The zero-order chi connectivity index (χ0) is 15.1. The van der Waals surface area contributed by atoms with Gasteiger partial charge in [-0.15, -0.1) is 0 Å². The van der Waals surface area contributed by atoms with Crippen molar-refractivity contribution in [3.8, 4) is 11.5 Å². The van der Waals surface area contributed by atoms with E-state index in [4.69, 9.17) is 4.74 Å². The maximum absolute atomic E-state index is 12.0. The van der Waals surface area contributed by atoms with Gasteiger partial charge in [-0.25, -0.2) is 4.79 Å². The van der Waals surface area contributed by atoms with Gasteiger partial charge in [-0.3, -0.25) is 0 Å².